The first-order valence-corrected chi connectivity index (χ1v) is 5.29. The van der Waals surface area contributed by atoms with Gasteiger partial charge >= 0.3 is 5.97 Å². The predicted octanol–water partition coefficient (Wildman–Crippen LogP) is 3.02. The van der Waals surface area contributed by atoms with Crippen molar-refractivity contribution < 1.29 is 18.3 Å². The second-order valence-corrected chi connectivity index (χ2v) is 3.85. The number of hydrogen-bond acceptors (Lipinski definition) is 2. The summed E-state index contributed by atoms with van der Waals surface area (Å²) in [4.78, 5) is 11.3. The number of carbonyl (C=O) groups excluding carboxylic acids is 1. The summed E-state index contributed by atoms with van der Waals surface area (Å²) in [5, 5.41) is 0. The third kappa shape index (κ3) is 2.05. The van der Waals surface area contributed by atoms with Crippen molar-refractivity contribution >= 4 is 5.97 Å². The fraction of sp³-hybridized carbons (Fsp3) is 0.417. The number of carbonyl (C=O) groups is 1. The van der Waals surface area contributed by atoms with Crippen LogP contribution in [0.2, 0.25) is 0 Å². The highest BCUT2D eigenvalue weighted by atomic mass is 19.1. The summed E-state index contributed by atoms with van der Waals surface area (Å²) in [6.45, 7) is 1.76. The fourth-order valence-corrected chi connectivity index (χ4v) is 1.63. The Balaban J connectivity index is 2.33. The summed E-state index contributed by atoms with van der Waals surface area (Å²) in [5.74, 6) is -1.93. The lowest BCUT2D eigenvalue weighted by Gasteiger charge is -2.06. The van der Waals surface area contributed by atoms with Gasteiger partial charge in [0, 0.05) is 0 Å². The third-order valence-corrected chi connectivity index (χ3v) is 2.60. The normalized spacial score (nSPS) is 14.9. The van der Waals surface area contributed by atoms with Crippen molar-refractivity contribution in [3.05, 3.63) is 34.9 Å². The van der Waals surface area contributed by atoms with Gasteiger partial charge in [0.25, 0.3) is 0 Å². The second kappa shape index (κ2) is 4.20. The molecular weight excluding hydrogens is 214 g/mol. The number of rotatable bonds is 3. The van der Waals surface area contributed by atoms with Crippen LogP contribution in [0.15, 0.2) is 12.1 Å². The van der Waals surface area contributed by atoms with E-state index in [-0.39, 0.29) is 18.1 Å². The highest BCUT2D eigenvalue weighted by Crippen LogP contribution is 2.41. The molecule has 0 amide bonds. The quantitative estimate of drug-likeness (QED) is 0.740. The maximum Gasteiger partial charge on any atom is 0.341 e. The van der Waals surface area contributed by atoms with E-state index in [1.54, 1.807) is 6.92 Å². The van der Waals surface area contributed by atoms with E-state index in [1.165, 1.54) is 0 Å². The topological polar surface area (TPSA) is 26.3 Å². The van der Waals surface area contributed by atoms with E-state index in [2.05, 4.69) is 4.74 Å². The van der Waals surface area contributed by atoms with Crippen molar-refractivity contribution in [1.29, 1.82) is 0 Å². The Morgan fingerprint density at radius 1 is 1.38 bits per heavy atom. The molecule has 0 aromatic heterocycles. The van der Waals surface area contributed by atoms with Crippen LogP contribution in [0.1, 0.15) is 41.6 Å². The van der Waals surface area contributed by atoms with E-state index in [0.717, 1.165) is 25.0 Å². The molecule has 0 unspecified atom stereocenters. The minimum atomic E-state index is -0.818. The Kier molecular flexibility index (Phi) is 2.90. The molecule has 2 rings (SSSR count). The fourth-order valence-electron chi connectivity index (χ4n) is 1.63. The van der Waals surface area contributed by atoms with E-state index >= 15 is 0 Å². The maximum atomic E-state index is 13.5. The van der Waals surface area contributed by atoms with E-state index in [0.29, 0.717) is 5.56 Å². The van der Waals surface area contributed by atoms with E-state index in [4.69, 9.17) is 0 Å². The maximum absolute atomic E-state index is 13.5. The van der Waals surface area contributed by atoms with Crippen LogP contribution in [-0.4, -0.2) is 12.6 Å². The SMILES string of the molecule is CCOC(=O)c1cc(F)c(C2CC2)cc1F. The molecule has 0 spiro atoms. The molecule has 0 atom stereocenters. The first kappa shape index (κ1) is 11.0. The zero-order valence-electron chi connectivity index (χ0n) is 8.93. The molecule has 0 saturated heterocycles. The summed E-state index contributed by atoms with van der Waals surface area (Å²) in [7, 11) is 0. The Hall–Kier alpha value is -1.45. The van der Waals surface area contributed by atoms with Gasteiger partial charge in [-0.25, -0.2) is 13.6 Å². The van der Waals surface area contributed by atoms with E-state index in [1.807, 2.05) is 0 Å². The molecule has 0 aliphatic heterocycles. The van der Waals surface area contributed by atoms with Crippen LogP contribution in [0.25, 0.3) is 0 Å². The number of hydrogen-bond donors (Lipinski definition) is 0. The average molecular weight is 226 g/mol. The molecule has 1 aliphatic rings. The zero-order valence-corrected chi connectivity index (χ0v) is 8.93. The van der Waals surface area contributed by atoms with Crippen molar-refractivity contribution in [3.8, 4) is 0 Å². The zero-order chi connectivity index (χ0) is 11.7. The summed E-state index contributed by atoms with van der Waals surface area (Å²) in [5.41, 5.74) is 0.0364. The van der Waals surface area contributed by atoms with E-state index in [9.17, 15) is 13.6 Å². The second-order valence-electron chi connectivity index (χ2n) is 3.85. The first-order valence-electron chi connectivity index (χ1n) is 5.29. The van der Waals surface area contributed by atoms with Gasteiger partial charge in [-0.3, -0.25) is 0 Å². The van der Waals surface area contributed by atoms with Gasteiger partial charge in [-0.1, -0.05) is 0 Å². The van der Waals surface area contributed by atoms with Crippen LogP contribution < -0.4 is 0 Å². The van der Waals surface area contributed by atoms with Crippen molar-refractivity contribution in [2.24, 2.45) is 0 Å². The molecule has 1 saturated carbocycles. The molecule has 0 N–H and O–H groups in total. The van der Waals surface area contributed by atoms with Crippen LogP contribution in [0.4, 0.5) is 8.78 Å². The Labute approximate surface area is 92.2 Å². The molecule has 0 radical (unpaired) electrons. The van der Waals surface area contributed by atoms with Gasteiger partial charge < -0.3 is 4.74 Å². The Morgan fingerprint density at radius 2 is 2.06 bits per heavy atom. The molecule has 1 aromatic rings. The number of ether oxygens (including phenoxy) is 1. The summed E-state index contributed by atoms with van der Waals surface area (Å²) >= 11 is 0. The first-order chi connectivity index (χ1) is 7.63. The van der Waals surface area contributed by atoms with Crippen LogP contribution in [0, 0.1) is 11.6 Å². The van der Waals surface area contributed by atoms with Crippen molar-refractivity contribution in [2.75, 3.05) is 6.61 Å². The van der Waals surface area contributed by atoms with Crippen molar-refractivity contribution in [3.63, 3.8) is 0 Å². The molecule has 86 valence electrons. The number of halogens is 2. The third-order valence-electron chi connectivity index (χ3n) is 2.60. The summed E-state index contributed by atoms with van der Waals surface area (Å²) in [6, 6.07) is 2.04. The smallest absolute Gasteiger partial charge is 0.341 e. The molecule has 2 nitrogen and oxygen atoms in total. The molecule has 1 aliphatic carbocycles. The van der Waals surface area contributed by atoms with Gasteiger partial charge in [-0.15, -0.1) is 0 Å². The summed E-state index contributed by atoms with van der Waals surface area (Å²) in [6.07, 6.45) is 1.77. The minimum Gasteiger partial charge on any atom is -0.462 e. The Morgan fingerprint density at radius 3 is 2.62 bits per heavy atom. The minimum absolute atomic E-state index is 0.116. The molecule has 1 fully saturated rings. The van der Waals surface area contributed by atoms with Crippen LogP contribution >= 0.6 is 0 Å². The Bertz CT molecular complexity index is 425. The lowest BCUT2D eigenvalue weighted by Crippen LogP contribution is -2.08. The standard InChI is InChI=1S/C12H12F2O2/c1-2-16-12(15)9-6-10(13)8(5-11(9)14)7-3-4-7/h5-7H,2-4H2,1H3. The molecule has 0 heterocycles. The molecule has 16 heavy (non-hydrogen) atoms. The average Bonchev–Trinajstić information content (AvgIpc) is 3.05. The highest BCUT2D eigenvalue weighted by molar-refractivity contribution is 5.89. The predicted molar refractivity (Wildman–Crippen MR) is 54.3 cm³/mol. The monoisotopic (exact) mass is 226 g/mol. The van der Waals surface area contributed by atoms with Gasteiger partial charge in [0.1, 0.15) is 11.6 Å². The van der Waals surface area contributed by atoms with Gasteiger partial charge in [0.2, 0.25) is 0 Å². The highest BCUT2D eigenvalue weighted by Gasteiger charge is 2.28. The van der Waals surface area contributed by atoms with Crippen molar-refractivity contribution in [2.45, 2.75) is 25.7 Å². The van der Waals surface area contributed by atoms with Gasteiger partial charge in [-0.2, -0.15) is 0 Å². The van der Waals surface area contributed by atoms with Gasteiger partial charge in [0.15, 0.2) is 0 Å². The van der Waals surface area contributed by atoms with Crippen molar-refractivity contribution in [1.82, 2.24) is 0 Å². The molecule has 4 heteroatoms. The van der Waals surface area contributed by atoms with Crippen LogP contribution in [0.5, 0.6) is 0 Å². The van der Waals surface area contributed by atoms with Crippen LogP contribution in [-0.2, 0) is 4.74 Å². The number of esters is 1. The molecule has 0 bridgehead atoms. The lowest BCUT2D eigenvalue weighted by atomic mass is 10.1. The van der Waals surface area contributed by atoms with Gasteiger partial charge in [-0.05, 0) is 43.4 Å². The molecule has 1 aromatic carbocycles. The lowest BCUT2D eigenvalue weighted by molar-refractivity contribution is 0.0520. The summed E-state index contributed by atoms with van der Waals surface area (Å²) < 4.78 is 31.7. The largest absolute Gasteiger partial charge is 0.462 e. The van der Waals surface area contributed by atoms with E-state index < -0.39 is 17.6 Å². The number of benzene rings is 1. The molecular formula is C12H12F2O2. The van der Waals surface area contributed by atoms with Gasteiger partial charge in [0.05, 0.1) is 12.2 Å². The van der Waals surface area contributed by atoms with Crippen LogP contribution in [0.3, 0.4) is 0 Å².